The maximum Gasteiger partial charge on any atom is 0.248 e. The predicted octanol–water partition coefficient (Wildman–Crippen LogP) is -0.637. The van der Waals surface area contributed by atoms with Crippen LogP contribution in [0, 0.1) is 5.41 Å². The van der Waals surface area contributed by atoms with Crippen LogP contribution in [0.2, 0.25) is 0 Å². The Morgan fingerprint density at radius 3 is 2.55 bits per heavy atom. The highest BCUT2D eigenvalue weighted by Crippen LogP contribution is 2.34. The second kappa shape index (κ2) is 9.62. The average Bonchev–Trinajstić information content (AvgIpc) is 3.32. The topological polar surface area (TPSA) is 107 Å². The van der Waals surface area contributed by atoms with E-state index in [-0.39, 0.29) is 24.8 Å². The molecule has 1 aromatic rings. The van der Waals surface area contributed by atoms with Crippen molar-refractivity contribution < 1.29 is 14.7 Å². The number of aliphatic hydroxyl groups excluding tert-OH is 1. The third-order valence-electron chi connectivity index (χ3n) is 6.27. The van der Waals surface area contributed by atoms with Gasteiger partial charge in [0.15, 0.2) is 0 Å². The average molecular weight is 436 g/mol. The van der Waals surface area contributed by atoms with Gasteiger partial charge < -0.3 is 25.1 Å². The van der Waals surface area contributed by atoms with Crippen LogP contribution in [-0.4, -0.2) is 112 Å². The number of nitrogens with one attached hydrogen (secondary N) is 1. The minimum absolute atomic E-state index is 0.147. The van der Waals surface area contributed by atoms with Gasteiger partial charge in [-0.25, -0.2) is 4.68 Å². The summed E-state index contributed by atoms with van der Waals surface area (Å²) in [6.07, 6.45) is 2.17. The van der Waals surface area contributed by atoms with Crippen LogP contribution >= 0.6 is 0 Å². The molecule has 174 valence electrons. The van der Waals surface area contributed by atoms with Gasteiger partial charge in [0.2, 0.25) is 11.8 Å². The summed E-state index contributed by atoms with van der Waals surface area (Å²) < 4.78 is 1.63. The van der Waals surface area contributed by atoms with Crippen molar-refractivity contribution in [3.05, 3.63) is 11.9 Å². The quantitative estimate of drug-likeness (QED) is 0.612. The molecular formula is C21H37N7O3. The fourth-order valence-electron chi connectivity index (χ4n) is 4.41. The lowest BCUT2D eigenvalue weighted by Crippen LogP contribution is -2.49. The molecule has 3 heterocycles. The highest BCUT2D eigenvalue weighted by molar-refractivity contribution is 5.90. The van der Waals surface area contributed by atoms with E-state index in [0.29, 0.717) is 0 Å². The number of aromatic nitrogens is 3. The van der Waals surface area contributed by atoms with Crippen LogP contribution in [0.1, 0.15) is 38.9 Å². The first-order valence-corrected chi connectivity index (χ1v) is 11.1. The SMILES string of the molecule is CNC(=O)[C@H]1CC(O)CN1C(=O)C(n1cc(CCN2CCN(C)CC2)nn1)C(C)(C)C. The lowest BCUT2D eigenvalue weighted by atomic mass is 9.85. The molecule has 0 aliphatic carbocycles. The largest absolute Gasteiger partial charge is 0.391 e. The number of carbonyl (C=O) groups excluding carboxylic acids is 2. The molecule has 2 saturated heterocycles. The lowest BCUT2D eigenvalue weighted by Gasteiger charge is -2.34. The number of hydrogen-bond acceptors (Lipinski definition) is 7. The second-order valence-electron chi connectivity index (χ2n) is 9.86. The lowest BCUT2D eigenvalue weighted by molar-refractivity contribution is -0.144. The zero-order valence-corrected chi connectivity index (χ0v) is 19.4. The first-order chi connectivity index (χ1) is 14.6. The standard InChI is InChI=1S/C21H37N7O3/c1-21(2,3)18(20(31)27-14-16(29)12-17(27)19(30)22-4)28-13-15(23-24-28)6-7-26-10-8-25(5)9-11-26/h13,16-18,29H,6-12,14H2,1-5H3,(H,22,30)/t16?,17-,18?/m1/s1. The third kappa shape index (κ3) is 5.61. The van der Waals surface area contributed by atoms with E-state index in [1.807, 2.05) is 27.0 Å². The second-order valence-corrected chi connectivity index (χ2v) is 9.86. The van der Waals surface area contributed by atoms with Crippen molar-refractivity contribution in [3.63, 3.8) is 0 Å². The van der Waals surface area contributed by atoms with E-state index in [1.54, 1.807) is 11.7 Å². The van der Waals surface area contributed by atoms with Crippen molar-refractivity contribution in [2.24, 2.45) is 5.41 Å². The van der Waals surface area contributed by atoms with E-state index in [0.717, 1.165) is 44.8 Å². The number of β-amino-alcohol motifs (C(OH)–C–C–N with tert-alkyl or cyclic N) is 1. The Morgan fingerprint density at radius 2 is 1.94 bits per heavy atom. The molecule has 2 fully saturated rings. The molecule has 2 unspecified atom stereocenters. The van der Waals surface area contributed by atoms with Gasteiger partial charge in [-0.1, -0.05) is 26.0 Å². The molecule has 2 aliphatic rings. The normalized spacial score (nSPS) is 24.4. The van der Waals surface area contributed by atoms with E-state index >= 15 is 0 Å². The Morgan fingerprint density at radius 1 is 1.26 bits per heavy atom. The molecule has 1 aromatic heterocycles. The summed E-state index contributed by atoms with van der Waals surface area (Å²) >= 11 is 0. The number of piperazine rings is 1. The Bertz CT molecular complexity index is 767. The highest BCUT2D eigenvalue weighted by atomic mass is 16.3. The molecule has 0 aromatic carbocycles. The molecular weight excluding hydrogens is 398 g/mol. The van der Waals surface area contributed by atoms with Crippen LogP contribution in [0.4, 0.5) is 0 Å². The number of rotatable bonds is 6. The summed E-state index contributed by atoms with van der Waals surface area (Å²) in [5.41, 5.74) is 0.408. The molecule has 0 spiro atoms. The number of likely N-dealkylation sites (N-methyl/N-ethyl adjacent to an activating group) is 2. The van der Waals surface area contributed by atoms with E-state index in [9.17, 15) is 14.7 Å². The van der Waals surface area contributed by atoms with Gasteiger partial charge in [-0.15, -0.1) is 5.10 Å². The van der Waals surface area contributed by atoms with E-state index in [2.05, 4.69) is 32.5 Å². The summed E-state index contributed by atoms with van der Waals surface area (Å²) in [5, 5.41) is 21.3. The number of hydrogen-bond donors (Lipinski definition) is 2. The first-order valence-electron chi connectivity index (χ1n) is 11.1. The van der Waals surface area contributed by atoms with Gasteiger partial charge in [0.05, 0.1) is 11.8 Å². The molecule has 2 amide bonds. The van der Waals surface area contributed by atoms with Crippen LogP contribution in [-0.2, 0) is 16.0 Å². The maximum atomic E-state index is 13.5. The Balaban J connectivity index is 1.73. The van der Waals surface area contributed by atoms with Crippen molar-refractivity contribution in [2.75, 3.05) is 53.4 Å². The molecule has 10 nitrogen and oxygen atoms in total. The molecule has 10 heteroatoms. The van der Waals surface area contributed by atoms with Gasteiger partial charge in [0.1, 0.15) is 12.1 Å². The minimum atomic E-state index is -0.707. The molecule has 0 radical (unpaired) electrons. The number of amides is 2. The van der Waals surface area contributed by atoms with Gasteiger partial charge in [0.25, 0.3) is 0 Å². The van der Waals surface area contributed by atoms with Crippen LogP contribution < -0.4 is 5.32 Å². The van der Waals surface area contributed by atoms with E-state index < -0.39 is 23.6 Å². The first kappa shape index (κ1) is 23.6. The maximum absolute atomic E-state index is 13.5. The molecule has 31 heavy (non-hydrogen) atoms. The summed E-state index contributed by atoms with van der Waals surface area (Å²) in [5.74, 6) is -0.475. The van der Waals surface area contributed by atoms with Gasteiger partial charge >= 0.3 is 0 Å². The van der Waals surface area contributed by atoms with E-state index in [4.69, 9.17) is 0 Å². The molecule has 0 bridgehead atoms. The number of likely N-dealkylation sites (tertiary alicyclic amines) is 1. The Kier molecular flexibility index (Phi) is 7.33. The molecule has 2 N–H and O–H groups in total. The Hall–Kier alpha value is -2.04. The molecule has 0 saturated carbocycles. The summed E-state index contributed by atoms with van der Waals surface area (Å²) in [6, 6.07) is -1.28. The van der Waals surface area contributed by atoms with Crippen LogP contribution in [0.5, 0.6) is 0 Å². The summed E-state index contributed by atoms with van der Waals surface area (Å²) in [6.45, 7) is 11.2. The van der Waals surface area contributed by atoms with Crippen LogP contribution in [0.15, 0.2) is 6.20 Å². The number of nitrogens with zero attached hydrogens (tertiary/aromatic N) is 6. The fraction of sp³-hybridized carbons (Fsp3) is 0.810. The molecule has 2 aliphatic heterocycles. The smallest absolute Gasteiger partial charge is 0.248 e. The molecule has 3 rings (SSSR count). The van der Waals surface area contributed by atoms with Crippen LogP contribution in [0.3, 0.4) is 0 Å². The van der Waals surface area contributed by atoms with Crippen LogP contribution in [0.25, 0.3) is 0 Å². The predicted molar refractivity (Wildman–Crippen MR) is 116 cm³/mol. The summed E-state index contributed by atoms with van der Waals surface area (Å²) in [4.78, 5) is 32.1. The van der Waals surface area contributed by atoms with Gasteiger partial charge in [-0.2, -0.15) is 0 Å². The van der Waals surface area contributed by atoms with Crippen molar-refractivity contribution in [2.45, 2.75) is 51.8 Å². The number of aliphatic hydroxyl groups is 1. The zero-order valence-electron chi connectivity index (χ0n) is 19.4. The van der Waals surface area contributed by atoms with Gasteiger partial charge in [0, 0.05) is 65.4 Å². The van der Waals surface area contributed by atoms with Crippen molar-refractivity contribution in [3.8, 4) is 0 Å². The third-order valence-corrected chi connectivity index (χ3v) is 6.27. The Labute approximate surface area is 184 Å². The van der Waals surface area contributed by atoms with E-state index in [1.165, 1.54) is 4.90 Å². The van der Waals surface area contributed by atoms with Crippen molar-refractivity contribution >= 4 is 11.8 Å². The van der Waals surface area contributed by atoms with Gasteiger partial charge in [-0.3, -0.25) is 9.59 Å². The summed E-state index contributed by atoms with van der Waals surface area (Å²) in [7, 11) is 3.68. The highest BCUT2D eigenvalue weighted by Gasteiger charge is 2.45. The van der Waals surface area contributed by atoms with Crippen molar-refractivity contribution in [1.29, 1.82) is 0 Å². The van der Waals surface area contributed by atoms with Gasteiger partial charge in [-0.05, 0) is 12.5 Å². The van der Waals surface area contributed by atoms with Crippen molar-refractivity contribution in [1.82, 2.24) is 35.0 Å². The zero-order chi connectivity index (χ0) is 22.8. The number of carbonyl (C=O) groups is 2. The monoisotopic (exact) mass is 435 g/mol. The fourth-order valence-corrected chi connectivity index (χ4v) is 4.41. The minimum Gasteiger partial charge on any atom is -0.391 e. The molecule has 3 atom stereocenters.